The van der Waals surface area contributed by atoms with Crippen molar-refractivity contribution >= 4 is 0 Å². The molecule has 0 fully saturated rings. The van der Waals surface area contributed by atoms with Crippen LogP contribution in [0.3, 0.4) is 0 Å². The normalized spacial score (nSPS) is 12.6. The van der Waals surface area contributed by atoms with Gasteiger partial charge < -0.3 is 4.42 Å². The lowest BCUT2D eigenvalue weighted by molar-refractivity contribution is 0.526. The molecular formula is C10H12N4O. The standard InChI is InChI=1S/C10H12N4O/c11-14-10(5-8-2-4-15-6-8)9-1-3-12-7-13-9/h1-4,6-7,10,14H,5,11H2. The minimum Gasteiger partial charge on any atom is -0.472 e. The highest BCUT2D eigenvalue weighted by Crippen LogP contribution is 2.14. The zero-order chi connectivity index (χ0) is 10.5. The van der Waals surface area contributed by atoms with E-state index in [1.54, 1.807) is 18.7 Å². The molecule has 0 aliphatic carbocycles. The lowest BCUT2D eigenvalue weighted by Gasteiger charge is -2.13. The SMILES string of the molecule is NNC(Cc1ccoc1)c1ccncn1. The second-order valence-corrected chi connectivity index (χ2v) is 3.19. The highest BCUT2D eigenvalue weighted by molar-refractivity contribution is 5.13. The molecule has 0 saturated carbocycles. The predicted octanol–water partition coefficient (Wildman–Crippen LogP) is 0.817. The van der Waals surface area contributed by atoms with E-state index in [2.05, 4.69) is 15.4 Å². The van der Waals surface area contributed by atoms with Crippen LogP contribution in [0, 0.1) is 0 Å². The molecule has 2 aromatic heterocycles. The van der Waals surface area contributed by atoms with Gasteiger partial charge in [-0.1, -0.05) is 0 Å². The number of nitrogens with two attached hydrogens (primary N) is 1. The molecule has 5 heteroatoms. The number of nitrogens with zero attached hydrogens (tertiary/aromatic N) is 2. The summed E-state index contributed by atoms with van der Waals surface area (Å²) >= 11 is 0. The Morgan fingerprint density at radius 2 is 2.40 bits per heavy atom. The average molecular weight is 204 g/mol. The van der Waals surface area contributed by atoms with Crippen LogP contribution in [0.2, 0.25) is 0 Å². The molecule has 1 atom stereocenters. The van der Waals surface area contributed by atoms with Gasteiger partial charge in [-0.3, -0.25) is 11.3 Å². The first-order chi connectivity index (χ1) is 7.40. The molecule has 0 aliphatic heterocycles. The topological polar surface area (TPSA) is 77.0 Å². The van der Waals surface area contributed by atoms with Gasteiger partial charge in [0.05, 0.1) is 24.3 Å². The van der Waals surface area contributed by atoms with Gasteiger partial charge in [0.1, 0.15) is 6.33 Å². The van der Waals surface area contributed by atoms with E-state index in [4.69, 9.17) is 10.3 Å². The molecule has 0 spiro atoms. The van der Waals surface area contributed by atoms with E-state index in [0.29, 0.717) is 0 Å². The zero-order valence-electron chi connectivity index (χ0n) is 8.13. The van der Waals surface area contributed by atoms with Gasteiger partial charge in [-0.05, 0) is 24.1 Å². The summed E-state index contributed by atoms with van der Waals surface area (Å²) in [5.41, 5.74) is 4.67. The van der Waals surface area contributed by atoms with Gasteiger partial charge in [-0.25, -0.2) is 9.97 Å². The van der Waals surface area contributed by atoms with Crippen LogP contribution >= 0.6 is 0 Å². The Morgan fingerprint density at radius 1 is 1.47 bits per heavy atom. The molecule has 2 rings (SSSR count). The van der Waals surface area contributed by atoms with Crippen LogP contribution in [0.5, 0.6) is 0 Å². The largest absolute Gasteiger partial charge is 0.472 e. The van der Waals surface area contributed by atoms with Crippen molar-refractivity contribution in [3.8, 4) is 0 Å². The Hall–Kier alpha value is -1.72. The summed E-state index contributed by atoms with van der Waals surface area (Å²) in [6, 6.07) is 3.72. The Bertz CT molecular complexity index is 387. The van der Waals surface area contributed by atoms with Crippen LogP contribution in [0.25, 0.3) is 0 Å². The van der Waals surface area contributed by atoms with E-state index >= 15 is 0 Å². The number of rotatable bonds is 4. The molecule has 0 amide bonds. The van der Waals surface area contributed by atoms with Gasteiger partial charge >= 0.3 is 0 Å². The molecule has 0 aliphatic rings. The summed E-state index contributed by atoms with van der Waals surface area (Å²) in [5.74, 6) is 5.48. The molecule has 15 heavy (non-hydrogen) atoms. The van der Waals surface area contributed by atoms with E-state index in [1.807, 2.05) is 12.1 Å². The molecule has 0 bridgehead atoms. The molecule has 2 aromatic rings. The van der Waals surface area contributed by atoms with Crippen LogP contribution in [-0.4, -0.2) is 9.97 Å². The quantitative estimate of drug-likeness (QED) is 0.569. The lowest BCUT2D eigenvalue weighted by Crippen LogP contribution is -2.30. The number of nitrogens with one attached hydrogen (secondary N) is 1. The van der Waals surface area contributed by atoms with Gasteiger partial charge in [0.15, 0.2) is 0 Å². The highest BCUT2D eigenvalue weighted by Gasteiger charge is 2.11. The molecule has 5 nitrogen and oxygen atoms in total. The third kappa shape index (κ3) is 2.39. The van der Waals surface area contributed by atoms with Crippen LogP contribution in [-0.2, 0) is 6.42 Å². The van der Waals surface area contributed by atoms with E-state index < -0.39 is 0 Å². The van der Waals surface area contributed by atoms with Gasteiger partial charge in [-0.15, -0.1) is 0 Å². The number of hydrogen-bond donors (Lipinski definition) is 2. The van der Waals surface area contributed by atoms with Gasteiger partial charge in [0, 0.05) is 6.20 Å². The molecule has 2 heterocycles. The average Bonchev–Trinajstić information content (AvgIpc) is 2.80. The van der Waals surface area contributed by atoms with Crippen LogP contribution in [0.1, 0.15) is 17.3 Å². The molecule has 0 radical (unpaired) electrons. The van der Waals surface area contributed by atoms with E-state index in [9.17, 15) is 0 Å². The van der Waals surface area contributed by atoms with Crippen molar-refractivity contribution in [2.45, 2.75) is 12.5 Å². The molecule has 0 aromatic carbocycles. The fourth-order valence-electron chi connectivity index (χ4n) is 1.40. The van der Waals surface area contributed by atoms with Crippen molar-refractivity contribution < 1.29 is 4.42 Å². The van der Waals surface area contributed by atoms with Crippen LogP contribution in [0.4, 0.5) is 0 Å². The first-order valence-electron chi connectivity index (χ1n) is 4.63. The third-order valence-electron chi connectivity index (χ3n) is 2.18. The second kappa shape index (κ2) is 4.68. The van der Waals surface area contributed by atoms with Crippen LogP contribution in [0.15, 0.2) is 41.6 Å². The summed E-state index contributed by atoms with van der Waals surface area (Å²) in [4.78, 5) is 8.01. The molecule has 0 saturated heterocycles. The first-order valence-corrected chi connectivity index (χ1v) is 4.63. The zero-order valence-corrected chi connectivity index (χ0v) is 8.13. The number of furan rings is 1. The first kappa shape index (κ1) is 9.82. The summed E-state index contributed by atoms with van der Waals surface area (Å²) in [6.07, 6.45) is 7.29. The van der Waals surface area contributed by atoms with E-state index in [-0.39, 0.29) is 6.04 Å². The summed E-state index contributed by atoms with van der Waals surface area (Å²) in [7, 11) is 0. The van der Waals surface area contributed by atoms with Crippen molar-refractivity contribution in [2.24, 2.45) is 5.84 Å². The second-order valence-electron chi connectivity index (χ2n) is 3.19. The molecular weight excluding hydrogens is 192 g/mol. The number of aromatic nitrogens is 2. The van der Waals surface area contributed by atoms with Crippen LogP contribution < -0.4 is 11.3 Å². The molecule has 3 N–H and O–H groups in total. The maximum absolute atomic E-state index is 5.48. The monoisotopic (exact) mass is 204 g/mol. The van der Waals surface area contributed by atoms with Crippen molar-refractivity contribution in [3.63, 3.8) is 0 Å². The third-order valence-corrected chi connectivity index (χ3v) is 2.18. The number of hydrogen-bond acceptors (Lipinski definition) is 5. The Morgan fingerprint density at radius 3 is 3.00 bits per heavy atom. The molecule has 1 unspecified atom stereocenters. The Kier molecular flexibility index (Phi) is 3.06. The lowest BCUT2D eigenvalue weighted by atomic mass is 10.1. The Balaban J connectivity index is 2.12. The van der Waals surface area contributed by atoms with Gasteiger partial charge in [0.25, 0.3) is 0 Å². The predicted molar refractivity (Wildman–Crippen MR) is 54.5 cm³/mol. The number of hydrazine groups is 1. The summed E-state index contributed by atoms with van der Waals surface area (Å²) < 4.78 is 4.99. The summed E-state index contributed by atoms with van der Waals surface area (Å²) in [5, 5.41) is 0. The minimum absolute atomic E-state index is 0.0226. The van der Waals surface area contributed by atoms with Gasteiger partial charge in [-0.2, -0.15) is 0 Å². The Labute approximate surface area is 87.3 Å². The fraction of sp³-hybridized carbons (Fsp3) is 0.200. The van der Waals surface area contributed by atoms with Crippen molar-refractivity contribution in [1.82, 2.24) is 15.4 Å². The maximum Gasteiger partial charge on any atom is 0.115 e. The van der Waals surface area contributed by atoms with Crippen molar-refractivity contribution in [2.75, 3.05) is 0 Å². The fourth-order valence-corrected chi connectivity index (χ4v) is 1.40. The van der Waals surface area contributed by atoms with E-state index in [0.717, 1.165) is 17.7 Å². The van der Waals surface area contributed by atoms with Gasteiger partial charge in [0.2, 0.25) is 0 Å². The summed E-state index contributed by atoms with van der Waals surface area (Å²) in [6.45, 7) is 0. The van der Waals surface area contributed by atoms with E-state index in [1.165, 1.54) is 6.33 Å². The highest BCUT2D eigenvalue weighted by atomic mass is 16.3. The maximum atomic E-state index is 5.48. The van der Waals surface area contributed by atoms with Crippen molar-refractivity contribution in [3.05, 3.63) is 48.4 Å². The minimum atomic E-state index is -0.0226. The molecule has 78 valence electrons. The smallest absolute Gasteiger partial charge is 0.115 e. The van der Waals surface area contributed by atoms with Crippen molar-refractivity contribution in [1.29, 1.82) is 0 Å².